The van der Waals surface area contributed by atoms with E-state index in [1.54, 1.807) is 0 Å². The molecule has 2 heterocycles. The van der Waals surface area contributed by atoms with E-state index in [-0.39, 0.29) is 0 Å². The third kappa shape index (κ3) is 2.24. The lowest BCUT2D eigenvalue weighted by atomic mass is 10.1. The Hall–Kier alpha value is -2.39. The summed E-state index contributed by atoms with van der Waals surface area (Å²) in [6.45, 7) is 0. The molecule has 4 rings (SSSR count). The fraction of sp³-hybridized carbons (Fsp3) is 0. The molecule has 0 N–H and O–H groups in total. The van der Waals surface area contributed by atoms with Gasteiger partial charge in [-0.3, -0.25) is 4.40 Å². The Labute approximate surface area is 137 Å². The molecule has 0 fully saturated rings. The fourth-order valence-corrected chi connectivity index (χ4v) is 2.91. The summed E-state index contributed by atoms with van der Waals surface area (Å²) in [6.07, 6.45) is 2.06. The van der Waals surface area contributed by atoms with Gasteiger partial charge in [0.25, 0.3) is 0 Å². The number of hydrogen-bond acceptors (Lipinski definition) is 1. The van der Waals surface area contributed by atoms with Gasteiger partial charge in [0, 0.05) is 21.8 Å². The number of fused-ring (bicyclic) bond motifs is 1. The lowest BCUT2D eigenvalue weighted by Crippen LogP contribution is -1.87. The first kappa shape index (κ1) is 13.3. The quantitative estimate of drug-likeness (QED) is 0.472. The first-order valence-corrected chi connectivity index (χ1v) is 7.91. The highest BCUT2D eigenvalue weighted by molar-refractivity contribution is 9.10. The highest BCUT2D eigenvalue weighted by Crippen LogP contribution is 2.29. The maximum Gasteiger partial charge on any atom is 0.145 e. The van der Waals surface area contributed by atoms with Crippen molar-refractivity contribution in [3.05, 3.63) is 83.5 Å². The van der Waals surface area contributed by atoms with Crippen LogP contribution in [0.25, 0.3) is 28.2 Å². The van der Waals surface area contributed by atoms with Crippen molar-refractivity contribution < 1.29 is 0 Å². The highest BCUT2D eigenvalue weighted by atomic mass is 79.9. The summed E-state index contributed by atoms with van der Waals surface area (Å²) in [6, 6.07) is 24.8. The van der Waals surface area contributed by atoms with Gasteiger partial charge in [-0.05, 0) is 24.3 Å². The van der Waals surface area contributed by atoms with Crippen LogP contribution in [-0.4, -0.2) is 9.38 Å². The van der Waals surface area contributed by atoms with Crippen LogP contribution in [0.4, 0.5) is 0 Å². The van der Waals surface area contributed by atoms with E-state index < -0.39 is 0 Å². The molecule has 4 aromatic rings. The predicted molar refractivity (Wildman–Crippen MR) is 93.8 cm³/mol. The topological polar surface area (TPSA) is 17.3 Å². The first-order chi connectivity index (χ1) is 10.8. The van der Waals surface area contributed by atoms with Gasteiger partial charge in [-0.2, -0.15) is 0 Å². The van der Waals surface area contributed by atoms with Gasteiger partial charge >= 0.3 is 0 Å². The molecule has 22 heavy (non-hydrogen) atoms. The van der Waals surface area contributed by atoms with Gasteiger partial charge in [-0.15, -0.1) is 0 Å². The number of aromatic nitrogens is 2. The molecule has 0 bridgehead atoms. The van der Waals surface area contributed by atoms with Crippen LogP contribution in [0.15, 0.2) is 83.5 Å². The van der Waals surface area contributed by atoms with Crippen LogP contribution in [0.5, 0.6) is 0 Å². The highest BCUT2D eigenvalue weighted by Gasteiger charge is 2.13. The third-order valence-corrected chi connectivity index (χ3v) is 4.23. The maximum atomic E-state index is 4.91. The van der Waals surface area contributed by atoms with Crippen molar-refractivity contribution in [1.29, 1.82) is 0 Å². The zero-order chi connectivity index (χ0) is 14.9. The van der Waals surface area contributed by atoms with Gasteiger partial charge in [-0.1, -0.05) is 64.5 Å². The van der Waals surface area contributed by atoms with Gasteiger partial charge in [0.05, 0.1) is 11.2 Å². The SMILES string of the molecule is Brc1ccc(-c2nc(-c3ccccc3)c3ccccn23)cc1. The minimum absolute atomic E-state index is 0.960. The van der Waals surface area contributed by atoms with Crippen molar-refractivity contribution in [2.45, 2.75) is 0 Å². The van der Waals surface area contributed by atoms with Crippen LogP contribution < -0.4 is 0 Å². The van der Waals surface area contributed by atoms with Crippen molar-refractivity contribution in [3.8, 4) is 22.6 Å². The predicted octanol–water partition coefficient (Wildman–Crippen LogP) is 5.43. The van der Waals surface area contributed by atoms with Crippen molar-refractivity contribution in [2.24, 2.45) is 0 Å². The van der Waals surface area contributed by atoms with E-state index in [0.717, 1.165) is 32.6 Å². The lowest BCUT2D eigenvalue weighted by Gasteiger charge is -2.01. The summed E-state index contributed by atoms with van der Waals surface area (Å²) in [5.74, 6) is 0.960. The summed E-state index contributed by atoms with van der Waals surface area (Å²) in [7, 11) is 0. The zero-order valence-corrected chi connectivity index (χ0v) is 13.4. The Morgan fingerprint density at radius 1 is 0.727 bits per heavy atom. The van der Waals surface area contributed by atoms with Crippen LogP contribution in [0.3, 0.4) is 0 Å². The second-order valence-electron chi connectivity index (χ2n) is 5.11. The van der Waals surface area contributed by atoms with E-state index in [2.05, 4.69) is 62.9 Å². The average molecular weight is 349 g/mol. The zero-order valence-electron chi connectivity index (χ0n) is 11.8. The Bertz CT molecular complexity index is 925. The number of nitrogens with zero attached hydrogens (tertiary/aromatic N) is 2. The summed E-state index contributed by atoms with van der Waals surface area (Å²) in [5, 5.41) is 0. The molecule has 3 heteroatoms. The Balaban J connectivity index is 1.99. The van der Waals surface area contributed by atoms with Gasteiger partial charge < -0.3 is 0 Å². The summed E-state index contributed by atoms with van der Waals surface area (Å²) < 4.78 is 3.21. The van der Waals surface area contributed by atoms with E-state index in [9.17, 15) is 0 Å². The van der Waals surface area contributed by atoms with Gasteiger partial charge in [0.15, 0.2) is 0 Å². The maximum absolute atomic E-state index is 4.91. The molecule has 0 saturated carbocycles. The van der Waals surface area contributed by atoms with E-state index in [1.165, 1.54) is 0 Å². The third-order valence-electron chi connectivity index (χ3n) is 3.70. The van der Waals surface area contributed by atoms with Crippen LogP contribution in [0.1, 0.15) is 0 Å². The molecule has 0 aliphatic heterocycles. The monoisotopic (exact) mass is 348 g/mol. The minimum Gasteiger partial charge on any atom is -0.299 e. The lowest BCUT2D eigenvalue weighted by molar-refractivity contribution is 1.16. The van der Waals surface area contributed by atoms with Gasteiger partial charge in [-0.25, -0.2) is 4.98 Å². The number of imidazole rings is 1. The average Bonchev–Trinajstić information content (AvgIpc) is 2.96. The Kier molecular flexibility index (Phi) is 3.28. The van der Waals surface area contributed by atoms with Crippen molar-refractivity contribution in [1.82, 2.24) is 9.38 Å². The Morgan fingerprint density at radius 3 is 2.23 bits per heavy atom. The largest absolute Gasteiger partial charge is 0.299 e. The first-order valence-electron chi connectivity index (χ1n) is 7.11. The molecule has 0 amide bonds. The van der Waals surface area contributed by atoms with Crippen LogP contribution >= 0.6 is 15.9 Å². The molecule has 0 aliphatic carbocycles. The molecule has 2 aromatic heterocycles. The molecular formula is C19H13BrN2. The molecule has 2 nitrogen and oxygen atoms in total. The molecule has 0 saturated heterocycles. The van der Waals surface area contributed by atoms with E-state index in [0.29, 0.717) is 0 Å². The number of pyridine rings is 1. The summed E-state index contributed by atoms with van der Waals surface area (Å²) >= 11 is 3.48. The second kappa shape index (κ2) is 5.43. The van der Waals surface area contributed by atoms with Gasteiger partial charge in [0.2, 0.25) is 0 Å². The Morgan fingerprint density at radius 2 is 1.45 bits per heavy atom. The standard InChI is InChI=1S/C19H13BrN2/c20-16-11-9-15(10-12-16)19-21-18(14-6-2-1-3-7-14)17-8-4-5-13-22(17)19/h1-13H. The van der Waals surface area contributed by atoms with Crippen LogP contribution in [0.2, 0.25) is 0 Å². The molecule has 0 spiro atoms. The number of rotatable bonds is 2. The molecule has 0 radical (unpaired) electrons. The van der Waals surface area contributed by atoms with Gasteiger partial charge in [0.1, 0.15) is 5.82 Å². The van der Waals surface area contributed by atoms with Crippen molar-refractivity contribution in [2.75, 3.05) is 0 Å². The second-order valence-corrected chi connectivity index (χ2v) is 6.03. The normalized spacial score (nSPS) is 11.0. The molecule has 0 atom stereocenters. The van der Waals surface area contributed by atoms with Crippen molar-refractivity contribution in [3.63, 3.8) is 0 Å². The molecule has 0 unspecified atom stereocenters. The van der Waals surface area contributed by atoms with E-state index >= 15 is 0 Å². The van der Waals surface area contributed by atoms with Crippen LogP contribution in [0, 0.1) is 0 Å². The summed E-state index contributed by atoms with van der Waals surface area (Å²) in [5.41, 5.74) is 4.37. The molecule has 2 aromatic carbocycles. The number of halogens is 1. The number of benzene rings is 2. The molecular weight excluding hydrogens is 336 g/mol. The smallest absolute Gasteiger partial charge is 0.145 e. The fourth-order valence-electron chi connectivity index (χ4n) is 2.65. The van der Waals surface area contributed by atoms with E-state index in [4.69, 9.17) is 4.98 Å². The van der Waals surface area contributed by atoms with Crippen molar-refractivity contribution >= 4 is 21.4 Å². The molecule has 106 valence electrons. The summed E-state index contributed by atoms with van der Waals surface area (Å²) in [4.78, 5) is 4.91. The minimum atomic E-state index is 0.960. The number of hydrogen-bond donors (Lipinski definition) is 0. The van der Waals surface area contributed by atoms with E-state index in [1.807, 2.05) is 36.4 Å². The molecule has 0 aliphatic rings. The van der Waals surface area contributed by atoms with Crippen LogP contribution in [-0.2, 0) is 0 Å².